The second-order valence-electron chi connectivity index (χ2n) is 3.98. The van der Waals surface area contributed by atoms with Crippen molar-refractivity contribution in [3.05, 3.63) is 17.6 Å². The van der Waals surface area contributed by atoms with Crippen LogP contribution in [0, 0.1) is 13.8 Å². The third-order valence-electron chi connectivity index (χ3n) is 2.70. The molecule has 1 saturated heterocycles. The molecule has 3 nitrogen and oxygen atoms in total. The number of nitrogens with zero attached hydrogens (tertiary/aromatic N) is 2. The molecule has 1 aromatic rings. The lowest BCUT2D eigenvalue weighted by molar-refractivity contribution is 0.681. The normalized spacial score (nSPS) is 21.3. The molecule has 0 aliphatic carbocycles. The molecule has 2 heterocycles. The Morgan fingerprint density at radius 3 is 2.93 bits per heavy atom. The summed E-state index contributed by atoms with van der Waals surface area (Å²) >= 11 is 2.02. The third kappa shape index (κ3) is 2.84. The molecule has 1 N–H and O–H groups in total. The highest BCUT2D eigenvalue weighted by atomic mass is 32.2. The maximum atomic E-state index is 4.48. The molecule has 0 aromatic carbocycles. The second-order valence-corrected chi connectivity index (χ2v) is 5.13. The van der Waals surface area contributed by atoms with Crippen LogP contribution in [-0.4, -0.2) is 27.5 Å². The van der Waals surface area contributed by atoms with Gasteiger partial charge in [0.25, 0.3) is 0 Å². The molecule has 0 radical (unpaired) electrons. The number of nitrogens with one attached hydrogen (secondary N) is 1. The van der Waals surface area contributed by atoms with Crippen LogP contribution >= 0.6 is 11.8 Å². The summed E-state index contributed by atoms with van der Waals surface area (Å²) in [5.74, 6) is 3.41. The summed E-state index contributed by atoms with van der Waals surface area (Å²) in [5, 5.41) is 3.45. The fourth-order valence-corrected chi connectivity index (χ4v) is 2.75. The predicted octanol–water partition coefficient (Wildman–Crippen LogP) is 2.40. The van der Waals surface area contributed by atoms with Crippen molar-refractivity contribution in [3.63, 3.8) is 0 Å². The standard InChI is InChI=1S/C11H17N3S/c1-8-9(2)13-11(6-12-8)14-10-4-3-5-15-7-10/h6,10H,3-5,7H2,1-2H3,(H,13,14). The molecule has 0 bridgehead atoms. The summed E-state index contributed by atoms with van der Waals surface area (Å²) in [5.41, 5.74) is 2.03. The van der Waals surface area contributed by atoms with Crippen LogP contribution in [0.1, 0.15) is 24.2 Å². The molecular formula is C11H17N3S. The summed E-state index contributed by atoms with van der Waals surface area (Å²) in [4.78, 5) is 8.80. The zero-order chi connectivity index (χ0) is 10.7. The highest BCUT2D eigenvalue weighted by molar-refractivity contribution is 7.99. The van der Waals surface area contributed by atoms with Gasteiger partial charge in [-0.2, -0.15) is 11.8 Å². The lowest BCUT2D eigenvalue weighted by Gasteiger charge is -2.22. The average molecular weight is 223 g/mol. The van der Waals surface area contributed by atoms with Gasteiger partial charge < -0.3 is 5.32 Å². The van der Waals surface area contributed by atoms with Crippen LogP contribution in [0.5, 0.6) is 0 Å². The van der Waals surface area contributed by atoms with Gasteiger partial charge in [-0.15, -0.1) is 0 Å². The maximum Gasteiger partial charge on any atom is 0.145 e. The largest absolute Gasteiger partial charge is 0.365 e. The minimum atomic E-state index is 0.570. The molecule has 82 valence electrons. The minimum Gasteiger partial charge on any atom is -0.365 e. The van der Waals surface area contributed by atoms with Crippen molar-refractivity contribution in [2.45, 2.75) is 32.7 Å². The first-order valence-corrected chi connectivity index (χ1v) is 6.55. The lowest BCUT2D eigenvalue weighted by atomic mass is 10.2. The third-order valence-corrected chi connectivity index (χ3v) is 3.92. The van der Waals surface area contributed by atoms with Gasteiger partial charge in [-0.05, 0) is 32.4 Å². The SMILES string of the molecule is Cc1ncc(NC2CCCSC2)nc1C. The van der Waals surface area contributed by atoms with E-state index < -0.39 is 0 Å². The molecule has 4 heteroatoms. The summed E-state index contributed by atoms with van der Waals surface area (Å²) in [6, 6.07) is 0.570. The number of hydrogen-bond donors (Lipinski definition) is 1. The predicted molar refractivity (Wildman–Crippen MR) is 65.5 cm³/mol. The van der Waals surface area contributed by atoms with Crippen molar-refractivity contribution < 1.29 is 0 Å². The smallest absolute Gasteiger partial charge is 0.145 e. The number of rotatable bonds is 2. The van der Waals surface area contributed by atoms with Crippen LogP contribution in [-0.2, 0) is 0 Å². The minimum absolute atomic E-state index is 0.570. The van der Waals surface area contributed by atoms with Crippen LogP contribution in [0.25, 0.3) is 0 Å². The Hall–Kier alpha value is -0.770. The zero-order valence-corrected chi connectivity index (χ0v) is 10.1. The highest BCUT2D eigenvalue weighted by Crippen LogP contribution is 2.20. The maximum absolute atomic E-state index is 4.48. The van der Waals surface area contributed by atoms with E-state index in [0.717, 1.165) is 17.2 Å². The first-order valence-electron chi connectivity index (χ1n) is 5.40. The average Bonchev–Trinajstić information content (AvgIpc) is 2.25. The Balaban J connectivity index is 2.00. The van der Waals surface area contributed by atoms with E-state index >= 15 is 0 Å². The van der Waals surface area contributed by atoms with Crippen LogP contribution in [0.15, 0.2) is 6.20 Å². The van der Waals surface area contributed by atoms with E-state index in [2.05, 4.69) is 15.3 Å². The Kier molecular flexibility index (Phi) is 3.46. The molecule has 1 aliphatic heterocycles. The summed E-state index contributed by atoms with van der Waals surface area (Å²) in [7, 11) is 0. The van der Waals surface area contributed by atoms with Crippen LogP contribution in [0.3, 0.4) is 0 Å². The van der Waals surface area contributed by atoms with Crippen molar-refractivity contribution in [2.75, 3.05) is 16.8 Å². The number of thioether (sulfide) groups is 1. The molecule has 2 rings (SSSR count). The van der Waals surface area contributed by atoms with Crippen LogP contribution in [0.4, 0.5) is 5.82 Å². The Morgan fingerprint density at radius 2 is 2.27 bits per heavy atom. The molecule has 0 amide bonds. The van der Waals surface area contributed by atoms with E-state index in [1.54, 1.807) is 0 Å². The van der Waals surface area contributed by atoms with Crippen LogP contribution in [0.2, 0.25) is 0 Å². The number of hydrogen-bond acceptors (Lipinski definition) is 4. The van der Waals surface area contributed by atoms with Gasteiger partial charge in [0.2, 0.25) is 0 Å². The first kappa shape index (κ1) is 10.7. The van der Waals surface area contributed by atoms with E-state index in [4.69, 9.17) is 0 Å². The van der Waals surface area contributed by atoms with E-state index in [9.17, 15) is 0 Å². The molecule has 15 heavy (non-hydrogen) atoms. The summed E-state index contributed by atoms with van der Waals surface area (Å²) < 4.78 is 0. The van der Waals surface area contributed by atoms with Crippen molar-refractivity contribution in [2.24, 2.45) is 0 Å². The Bertz CT molecular complexity index is 335. The molecular weight excluding hydrogens is 206 g/mol. The lowest BCUT2D eigenvalue weighted by Crippen LogP contribution is -2.26. The fraction of sp³-hybridized carbons (Fsp3) is 0.636. The summed E-state index contributed by atoms with van der Waals surface area (Å²) in [6.45, 7) is 3.99. The van der Waals surface area contributed by atoms with Gasteiger partial charge >= 0.3 is 0 Å². The number of aromatic nitrogens is 2. The van der Waals surface area contributed by atoms with E-state index in [0.29, 0.717) is 6.04 Å². The molecule has 0 saturated carbocycles. The summed E-state index contributed by atoms with van der Waals surface area (Å²) in [6.07, 6.45) is 4.39. The van der Waals surface area contributed by atoms with Gasteiger partial charge in [0.05, 0.1) is 17.6 Å². The zero-order valence-electron chi connectivity index (χ0n) is 9.29. The highest BCUT2D eigenvalue weighted by Gasteiger charge is 2.13. The van der Waals surface area contributed by atoms with E-state index in [-0.39, 0.29) is 0 Å². The molecule has 0 spiro atoms. The van der Waals surface area contributed by atoms with Gasteiger partial charge in [0.1, 0.15) is 5.82 Å². The molecule has 1 aliphatic rings. The van der Waals surface area contributed by atoms with Gasteiger partial charge in [-0.3, -0.25) is 4.98 Å². The molecule has 1 fully saturated rings. The Labute approximate surface area is 95.1 Å². The molecule has 1 atom stereocenters. The van der Waals surface area contributed by atoms with E-state index in [1.807, 2.05) is 31.8 Å². The monoisotopic (exact) mass is 223 g/mol. The number of anilines is 1. The first-order chi connectivity index (χ1) is 7.25. The Morgan fingerprint density at radius 1 is 1.40 bits per heavy atom. The van der Waals surface area contributed by atoms with Gasteiger partial charge in [0.15, 0.2) is 0 Å². The van der Waals surface area contributed by atoms with E-state index in [1.165, 1.54) is 24.3 Å². The van der Waals surface area contributed by atoms with Gasteiger partial charge in [0, 0.05) is 11.8 Å². The van der Waals surface area contributed by atoms with Gasteiger partial charge in [-0.25, -0.2) is 4.98 Å². The second kappa shape index (κ2) is 4.84. The van der Waals surface area contributed by atoms with Gasteiger partial charge in [-0.1, -0.05) is 0 Å². The van der Waals surface area contributed by atoms with Crippen molar-refractivity contribution in [3.8, 4) is 0 Å². The fourth-order valence-electron chi connectivity index (χ4n) is 1.68. The van der Waals surface area contributed by atoms with Crippen LogP contribution < -0.4 is 5.32 Å². The quantitative estimate of drug-likeness (QED) is 0.835. The number of aryl methyl sites for hydroxylation is 2. The molecule has 1 unspecified atom stereocenters. The van der Waals surface area contributed by atoms with Crippen molar-refractivity contribution >= 4 is 17.6 Å². The topological polar surface area (TPSA) is 37.8 Å². The van der Waals surface area contributed by atoms with Crippen molar-refractivity contribution in [1.82, 2.24) is 9.97 Å². The molecule has 1 aromatic heterocycles. The van der Waals surface area contributed by atoms with Crippen molar-refractivity contribution in [1.29, 1.82) is 0 Å².